The van der Waals surface area contributed by atoms with E-state index in [2.05, 4.69) is 14.8 Å². The monoisotopic (exact) mass is 710 g/mol. The number of hydrogen-bond acceptors (Lipinski definition) is 6. The second kappa shape index (κ2) is 14.6. The molecule has 0 aromatic carbocycles. The molecule has 1 N–H and O–H groups in total. The average Bonchev–Trinajstić information content (AvgIpc) is 2.83. The summed E-state index contributed by atoms with van der Waals surface area (Å²) in [6.45, 7) is -3.86. The lowest BCUT2D eigenvalue weighted by molar-refractivity contribution is -0.397. The van der Waals surface area contributed by atoms with Gasteiger partial charge in [0.15, 0.2) is 0 Å². The van der Waals surface area contributed by atoms with E-state index in [1.54, 1.807) is 0 Å². The SMILES string of the molecule is CN(C)CCN[C@@H](CCC(=O)OCCC(F)(F)C(F)(F)C(F)(F)C(F)(F)F)C(=O)OCCC(F)(F)C(F)(F)C(F)(F)C(F)(F)F. The van der Waals surface area contributed by atoms with Crippen molar-refractivity contribution in [1.29, 1.82) is 0 Å². The smallest absolute Gasteiger partial charge is 0.460 e. The molecule has 0 unspecified atom stereocenters. The Morgan fingerprint density at radius 1 is 0.622 bits per heavy atom. The van der Waals surface area contributed by atoms with E-state index >= 15 is 0 Å². The fourth-order valence-electron chi connectivity index (χ4n) is 2.90. The first-order chi connectivity index (χ1) is 19.8. The Labute approximate surface area is 241 Å². The number of esters is 2. The lowest BCUT2D eigenvalue weighted by Gasteiger charge is -2.33. The molecule has 0 aliphatic carbocycles. The van der Waals surface area contributed by atoms with E-state index in [1.807, 2.05) is 0 Å². The summed E-state index contributed by atoms with van der Waals surface area (Å²) in [6.07, 6.45) is -21.2. The van der Waals surface area contributed by atoms with Crippen molar-refractivity contribution in [3.05, 3.63) is 0 Å². The maximum atomic E-state index is 13.6. The van der Waals surface area contributed by atoms with Crippen LogP contribution >= 0.6 is 0 Å². The van der Waals surface area contributed by atoms with Crippen LogP contribution < -0.4 is 5.32 Å². The van der Waals surface area contributed by atoms with E-state index in [0.717, 1.165) is 0 Å². The molecule has 6 nitrogen and oxygen atoms in total. The summed E-state index contributed by atoms with van der Waals surface area (Å²) >= 11 is 0. The summed E-state index contributed by atoms with van der Waals surface area (Å²) in [5, 5.41) is 2.32. The highest BCUT2D eigenvalue weighted by atomic mass is 19.4. The van der Waals surface area contributed by atoms with Crippen LogP contribution in [0, 0.1) is 0 Å². The first kappa shape index (κ1) is 42.6. The summed E-state index contributed by atoms with van der Waals surface area (Å²) in [5.74, 6) is -43.9. The van der Waals surface area contributed by atoms with Crippen LogP contribution in [0.3, 0.4) is 0 Å². The Hall–Kier alpha value is -2.40. The van der Waals surface area contributed by atoms with Gasteiger partial charge in [-0.1, -0.05) is 0 Å². The van der Waals surface area contributed by atoms with Crippen molar-refractivity contribution in [3.63, 3.8) is 0 Å². The third-order valence-corrected chi connectivity index (χ3v) is 5.63. The fourth-order valence-corrected chi connectivity index (χ4v) is 2.90. The molecule has 0 aliphatic heterocycles. The number of nitrogens with one attached hydrogen (secondary N) is 1. The molecule has 0 spiro atoms. The van der Waals surface area contributed by atoms with Crippen LogP contribution in [0.15, 0.2) is 0 Å². The van der Waals surface area contributed by atoms with Crippen molar-refractivity contribution < 1.29 is 98.1 Å². The Bertz CT molecular complexity index is 982. The molecule has 0 rings (SSSR count). The van der Waals surface area contributed by atoms with Crippen molar-refractivity contribution in [3.8, 4) is 0 Å². The van der Waals surface area contributed by atoms with Gasteiger partial charge in [-0.15, -0.1) is 0 Å². The Morgan fingerprint density at radius 2 is 1.00 bits per heavy atom. The second-order valence-electron chi connectivity index (χ2n) is 9.44. The van der Waals surface area contributed by atoms with Gasteiger partial charge in [-0.2, -0.15) is 79.0 Å². The van der Waals surface area contributed by atoms with Crippen LogP contribution in [0.2, 0.25) is 0 Å². The highest BCUT2D eigenvalue weighted by Crippen LogP contribution is 2.55. The number of likely N-dealkylation sites (N-methyl/N-ethyl adjacent to an activating group) is 1. The van der Waals surface area contributed by atoms with E-state index in [0.29, 0.717) is 0 Å². The van der Waals surface area contributed by atoms with Gasteiger partial charge >= 0.3 is 59.8 Å². The van der Waals surface area contributed by atoms with Crippen molar-refractivity contribution in [2.45, 2.75) is 79.6 Å². The largest absolute Gasteiger partial charge is 0.465 e. The molecule has 0 saturated carbocycles. The van der Waals surface area contributed by atoms with Crippen molar-refractivity contribution in [1.82, 2.24) is 10.2 Å². The molecule has 268 valence electrons. The maximum Gasteiger partial charge on any atom is 0.460 e. The number of carbonyl (C=O) groups is 2. The van der Waals surface area contributed by atoms with Gasteiger partial charge in [-0.05, 0) is 20.5 Å². The molecule has 24 heteroatoms. The Balaban J connectivity index is 5.34. The zero-order chi connectivity index (χ0) is 36.1. The molecule has 1 atom stereocenters. The first-order valence-corrected chi connectivity index (χ1v) is 11.9. The summed E-state index contributed by atoms with van der Waals surface area (Å²) in [4.78, 5) is 25.4. The van der Waals surface area contributed by atoms with Crippen LogP contribution in [0.4, 0.5) is 79.0 Å². The second-order valence-corrected chi connectivity index (χ2v) is 9.44. The minimum Gasteiger partial charge on any atom is -0.465 e. The van der Waals surface area contributed by atoms with Crippen LogP contribution in [0.1, 0.15) is 25.7 Å². The predicted molar refractivity (Wildman–Crippen MR) is 113 cm³/mol. The maximum absolute atomic E-state index is 13.6. The van der Waals surface area contributed by atoms with E-state index in [-0.39, 0.29) is 13.1 Å². The predicted octanol–water partition coefficient (Wildman–Crippen LogP) is 6.09. The summed E-state index contributed by atoms with van der Waals surface area (Å²) in [7, 11) is 2.96. The standard InChI is InChI=1S/C21H24F18N2O4/c1-41(2)8-7-40-11(13(43)45-10-6-15(24,25)17(28,29)19(32,33)21(37,38)39)3-4-12(42)44-9-5-14(22,23)16(26,27)18(30,31)20(34,35)36/h11,40H,3-10H2,1-2H3/t11-/m0/s1. The van der Waals surface area contributed by atoms with Gasteiger partial charge in [-0.3, -0.25) is 9.59 Å². The van der Waals surface area contributed by atoms with Crippen molar-refractivity contribution in [2.24, 2.45) is 0 Å². The van der Waals surface area contributed by atoms with Crippen molar-refractivity contribution in [2.75, 3.05) is 40.4 Å². The first-order valence-electron chi connectivity index (χ1n) is 11.9. The zero-order valence-corrected chi connectivity index (χ0v) is 22.6. The van der Waals surface area contributed by atoms with Gasteiger partial charge in [0.1, 0.15) is 6.04 Å². The summed E-state index contributed by atoms with van der Waals surface area (Å²) in [6, 6.07) is -1.81. The lowest BCUT2D eigenvalue weighted by Crippen LogP contribution is -2.61. The minimum absolute atomic E-state index is 0.0803. The van der Waals surface area contributed by atoms with E-state index < -0.39 is 105 Å². The number of alkyl halides is 18. The van der Waals surface area contributed by atoms with E-state index in [1.165, 1.54) is 19.0 Å². The molecular formula is C21H24F18N2O4. The lowest BCUT2D eigenvalue weighted by atomic mass is 10.0. The molecule has 0 heterocycles. The number of ether oxygens (including phenoxy) is 2. The van der Waals surface area contributed by atoms with Gasteiger partial charge in [0, 0.05) is 19.5 Å². The number of nitrogens with zero attached hydrogens (tertiary/aromatic N) is 1. The molecule has 0 fully saturated rings. The van der Waals surface area contributed by atoms with E-state index in [9.17, 15) is 88.6 Å². The molecular weight excluding hydrogens is 686 g/mol. The van der Waals surface area contributed by atoms with Gasteiger partial charge in [-0.25, -0.2) is 0 Å². The minimum atomic E-state index is -7.21. The van der Waals surface area contributed by atoms with Gasteiger partial charge < -0.3 is 19.7 Å². The summed E-state index contributed by atoms with van der Waals surface area (Å²) < 4.78 is 240. The highest BCUT2D eigenvalue weighted by Gasteiger charge is 2.82. The molecule has 0 aliphatic rings. The average molecular weight is 710 g/mol. The van der Waals surface area contributed by atoms with Gasteiger partial charge in [0.2, 0.25) is 0 Å². The molecule has 0 saturated heterocycles. The zero-order valence-electron chi connectivity index (χ0n) is 22.6. The van der Waals surface area contributed by atoms with Crippen LogP contribution in [0.25, 0.3) is 0 Å². The van der Waals surface area contributed by atoms with Crippen LogP contribution in [-0.4, -0.2) is 111 Å². The van der Waals surface area contributed by atoms with Gasteiger partial charge in [0.05, 0.1) is 26.1 Å². The Morgan fingerprint density at radius 3 is 1.36 bits per heavy atom. The molecule has 0 bridgehead atoms. The number of carbonyl (C=O) groups excluding carboxylic acids is 2. The third-order valence-electron chi connectivity index (χ3n) is 5.63. The normalized spacial score (nSPS) is 15.3. The molecule has 0 aromatic rings. The summed E-state index contributed by atoms with van der Waals surface area (Å²) in [5.41, 5.74) is 0. The van der Waals surface area contributed by atoms with Crippen LogP contribution in [-0.2, 0) is 19.1 Å². The molecule has 0 aromatic heterocycles. The highest BCUT2D eigenvalue weighted by molar-refractivity contribution is 5.77. The topological polar surface area (TPSA) is 67.9 Å². The van der Waals surface area contributed by atoms with E-state index in [4.69, 9.17) is 0 Å². The molecule has 0 amide bonds. The van der Waals surface area contributed by atoms with Crippen LogP contribution in [0.5, 0.6) is 0 Å². The number of rotatable bonds is 18. The number of halogens is 18. The third kappa shape index (κ3) is 10.0. The molecule has 0 radical (unpaired) electrons. The Kier molecular flexibility index (Phi) is 13.8. The number of hydrogen-bond donors (Lipinski definition) is 1. The van der Waals surface area contributed by atoms with Gasteiger partial charge in [0.25, 0.3) is 0 Å². The molecule has 45 heavy (non-hydrogen) atoms. The quantitative estimate of drug-likeness (QED) is 0.137. The van der Waals surface area contributed by atoms with Crippen molar-refractivity contribution >= 4 is 11.9 Å². The fraction of sp³-hybridized carbons (Fsp3) is 0.905.